The Morgan fingerprint density at radius 2 is 2.13 bits per heavy atom. The second-order valence-corrected chi connectivity index (χ2v) is 3.81. The maximum absolute atomic E-state index is 11.7. The molecule has 0 heterocycles. The van der Waals surface area contributed by atoms with Crippen molar-refractivity contribution in [1.29, 1.82) is 0 Å². The van der Waals surface area contributed by atoms with Crippen molar-refractivity contribution in [2.75, 3.05) is 0 Å². The lowest BCUT2D eigenvalue weighted by molar-refractivity contribution is -0.137. The van der Waals surface area contributed by atoms with Gasteiger partial charge in [-0.3, -0.25) is 9.59 Å². The number of benzene rings is 1. The van der Waals surface area contributed by atoms with Crippen LogP contribution < -0.4 is 0 Å². The third kappa shape index (κ3) is 3.36. The first-order valence-electron chi connectivity index (χ1n) is 4.52. The van der Waals surface area contributed by atoms with Crippen molar-refractivity contribution in [1.82, 2.24) is 0 Å². The van der Waals surface area contributed by atoms with E-state index in [1.807, 2.05) is 0 Å². The molecule has 0 aliphatic carbocycles. The predicted octanol–water partition coefficient (Wildman–Crippen LogP) is 2.63. The van der Waals surface area contributed by atoms with E-state index in [-0.39, 0.29) is 12.2 Å². The summed E-state index contributed by atoms with van der Waals surface area (Å²) in [6, 6.07) is 6.51. The molecule has 1 N–H and O–H groups in total. The van der Waals surface area contributed by atoms with Gasteiger partial charge in [0.15, 0.2) is 5.78 Å². The molecule has 3 nitrogen and oxygen atoms in total. The first-order valence-corrected chi connectivity index (χ1v) is 4.90. The van der Waals surface area contributed by atoms with Crippen LogP contribution in [0.4, 0.5) is 0 Å². The standard InChI is InChI=1S/C11H11ClO3/c1-7(5-10(13)14)11(15)8-3-2-4-9(12)6-8/h2-4,6-7H,5H2,1H3,(H,13,14). The van der Waals surface area contributed by atoms with Crippen LogP contribution >= 0.6 is 11.6 Å². The minimum absolute atomic E-state index is 0.161. The summed E-state index contributed by atoms with van der Waals surface area (Å²) in [5, 5.41) is 9.03. The smallest absolute Gasteiger partial charge is 0.304 e. The molecule has 0 amide bonds. The molecule has 0 aliphatic rings. The molecule has 0 saturated heterocycles. The number of carboxylic acids is 1. The molecule has 0 bridgehead atoms. The van der Waals surface area contributed by atoms with Crippen LogP contribution in [0.1, 0.15) is 23.7 Å². The van der Waals surface area contributed by atoms with Gasteiger partial charge in [-0.2, -0.15) is 0 Å². The second kappa shape index (κ2) is 4.94. The number of halogens is 1. The van der Waals surface area contributed by atoms with E-state index < -0.39 is 11.9 Å². The molecule has 80 valence electrons. The zero-order chi connectivity index (χ0) is 11.4. The lowest BCUT2D eigenvalue weighted by Crippen LogP contribution is -2.15. The van der Waals surface area contributed by atoms with Crippen molar-refractivity contribution < 1.29 is 14.7 Å². The third-order valence-corrected chi connectivity index (χ3v) is 2.27. The highest BCUT2D eigenvalue weighted by Gasteiger charge is 2.18. The van der Waals surface area contributed by atoms with Gasteiger partial charge in [-0.1, -0.05) is 30.7 Å². The Kier molecular flexibility index (Phi) is 3.86. The van der Waals surface area contributed by atoms with Crippen LogP contribution in [-0.2, 0) is 4.79 Å². The Hall–Kier alpha value is -1.35. The normalized spacial score (nSPS) is 12.1. The Morgan fingerprint density at radius 1 is 1.47 bits per heavy atom. The molecular weight excluding hydrogens is 216 g/mol. The van der Waals surface area contributed by atoms with E-state index in [1.54, 1.807) is 31.2 Å². The molecule has 1 atom stereocenters. The molecule has 0 aliphatic heterocycles. The highest BCUT2D eigenvalue weighted by atomic mass is 35.5. The van der Waals surface area contributed by atoms with Gasteiger partial charge >= 0.3 is 5.97 Å². The molecule has 0 spiro atoms. The van der Waals surface area contributed by atoms with E-state index in [4.69, 9.17) is 16.7 Å². The fourth-order valence-corrected chi connectivity index (χ4v) is 1.47. The number of hydrogen-bond donors (Lipinski definition) is 1. The Bertz CT molecular complexity index is 387. The van der Waals surface area contributed by atoms with Crippen molar-refractivity contribution in [2.24, 2.45) is 5.92 Å². The van der Waals surface area contributed by atoms with E-state index >= 15 is 0 Å². The van der Waals surface area contributed by atoms with Crippen LogP contribution in [0.2, 0.25) is 5.02 Å². The van der Waals surface area contributed by atoms with Crippen LogP contribution in [0.5, 0.6) is 0 Å². The van der Waals surface area contributed by atoms with Gasteiger partial charge in [0.1, 0.15) is 0 Å². The van der Waals surface area contributed by atoms with Gasteiger partial charge in [0, 0.05) is 16.5 Å². The molecule has 0 radical (unpaired) electrons. The van der Waals surface area contributed by atoms with Gasteiger partial charge in [-0.25, -0.2) is 0 Å². The molecule has 1 unspecified atom stereocenters. The summed E-state index contributed by atoms with van der Waals surface area (Å²) in [5.41, 5.74) is 0.455. The van der Waals surface area contributed by atoms with E-state index in [2.05, 4.69) is 0 Å². The van der Waals surface area contributed by atoms with Crippen molar-refractivity contribution in [3.63, 3.8) is 0 Å². The maximum Gasteiger partial charge on any atom is 0.304 e. The summed E-state index contributed by atoms with van der Waals surface area (Å²) in [7, 11) is 0. The van der Waals surface area contributed by atoms with Crippen LogP contribution in [0.25, 0.3) is 0 Å². The minimum Gasteiger partial charge on any atom is -0.481 e. The van der Waals surface area contributed by atoms with Crippen LogP contribution in [0.15, 0.2) is 24.3 Å². The van der Waals surface area contributed by atoms with Crippen molar-refractivity contribution in [3.8, 4) is 0 Å². The summed E-state index contributed by atoms with van der Waals surface area (Å²) in [5.74, 6) is -1.70. The zero-order valence-corrected chi connectivity index (χ0v) is 8.99. The number of aliphatic carboxylic acids is 1. The van der Waals surface area contributed by atoms with Crippen LogP contribution in [0.3, 0.4) is 0 Å². The predicted molar refractivity (Wildman–Crippen MR) is 57.2 cm³/mol. The van der Waals surface area contributed by atoms with Crippen LogP contribution in [0, 0.1) is 5.92 Å². The first-order chi connectivity index (χ1) is 7.00. The van der Waals surface area contributed by atoms with Gasteiger partial charge in [0.2, 0.25) is 0 Å². The molecule has 15 heavy (non-hydrogen) atoms. The molecule has 1 aromatic carbocycles. The Balaban J connectivity index is 2.80. The molecule has 1 rings (SSSR count). The molecule has 0 fully saturated rings. The summed E-state index contributed by atoms with van der Waals surface area (Å²) in [6.07, 6.45) is -0.161. The quantitative estimate of drug-likeness (QED) is 0.803. The number of rotatable bonds is 4. The molecule has 0 aromatic heterocycles. The second-order valence-electron chi connectivity index (χ2n) is 3.37. The van der Waals surface area contributed by atoms with Gasteiger partial charge < -0.3 is 5.11 Å². The van der Waals surface area contributed by atoms with E-state index in [0.29, 0.717) is 10.6 Å². The summed E-state index contributed by atoms with van der Waals surface area (Å²) in [4.78, 5) is 22.1. The van der Waals surface area contributed by atoms with Gasteiger partial charge in [0.25, 0.3) is 0 Å². The topological polar surface area (TPSA) is 54.4 Å². The first kappa shape index (κ1) is 11.7. The number of carbonyl (C=O) groups is 2. The van der Waals surface area contributed by atoms with Gasteiger partial charge in [-0.05, 0) is 12.1 Å². The largest absolute Gasteiger partial charge is 0.481 e. The highest BCUT2D eigenvalue weighted by molar-refractivity contribution is 6.31. The molecule has 0 saturated carbocycles. The zero-order valence-electron chi connectivity index (χ0n) is 8.24. The number of Topliss-reactive ketones (excluding diaryl/α,β-unsaturated/α-hetero) is 1. The van der Waals surface area contributed by atoms with Gasteiger partial charge in [-0.15, -0.1) is 0 Å². The molecular formula is C11H11ClO3. The lowest BCUT2D eigenvalue weighted by atomic mass is 9.97. The fraction of sp³-hybridized carbons (Fsp3) is 0.273. The average molecular weight is 227 g/mol. The van der Waals surface area contributed by atoms with Crippen molar-refractivity contribution in [3.05, 3.63) is 34.9 Å². The van der Waals surface area contributed by atoms with Gasteiger partial charge in [0.05, 0.1) is 6.42 Å². The highest BCUT2D eigenvalue weighted by Crippen LogP contribution is 2.16. The lowest BCUT2D eigenvalue weighted by Gasteiger charge is -2.07. The van der Waals surface area contributed by atoms with Crippen molar-refractivity contribution in [2.45, 2.75) is 13.3 Å². The average Bonchev–Trinajstić information content (AvgIpc) is 2.15. The summed E-state index contributed by atoms with van der Waals surface area (Å²) >= 11 is 5.73. The molecule has 1 aromatic rings. The summed E-state index contributed by atoms with van der Waals surface area (Å²) < 4.78 is 0. The van der Waals surface area contributed by atoms with Crippen molar-refractivity contribution >= 4 is 23.4 Å². The minimum atomic E-state index is -0.974. The SMILES string of the molecule is CC(CC(=O)O)C(=O)c1cccc(Cl)c1. The number of hydrogen-bond acceptors (Lipinski definition) is 2. The van der Waals surface area contributed by atoms with E-state index in [9.17, 15) is 9.59 Å². The number of carboxylic acid groups (broad SMARTS) is 1. The summed E-state index contributed by atoms with van der Waals surface area (Å²) in [6.45, 7) is 1.59. The van der Waals surface area contributed by atoms with E-state index in [0.717, 1.165) is 0 Å². The molecule has 4 heteroatoms. The van der Waals surface area contributed by atoms with Crippen LogP contribution in [-0.4, -0.2) is 16.9 Å². The fourth-order valence-electron chi connectivity index (χ4n) is 1.28. The Morgan fingerprint density at radius 3 is 2.67 bits per heavy atom. The third-order valence-electron chi connectivity index (χ3n) is 2.04. The van der Waals surface area contributed by atoms with E-state index in [1.165, 1.54) is 0 Å². The maximum atomic E-state index is 11.7. The number of ketones is 1. The Labute approximate surface area is 92.7 Å². The monoisotopic (exact) mass is 226 g/mol. The number of carbonyl (C=O) groups excluding carboxylic acids is 1.